The maximum absolute atomic E-state index is 12.4. The molecule has 0 fully saturated rings. The third-order valence-electron chi connectivity index (χ3n) is 3.63. The molecule has 1 aromatic heterocycles. The number of benzene rings is 2. The van der Waals surface area contributed by atoms with Gasteiger partial charge in [0.05, 0.1) is 10.5 Å². The Kier molecular flexibility index (Phi) is 4.14. The van der Waals surface area contributed by atoms with E-state index >= 15 is 0 Å². The number of pyridine rings is 1. The minimum absolute atomic E-state index is 0.000230. The highest BCUT2D eigenvalue weighted by atomic mass is 35.5. The molecule has 24 heavy (non-hydrogen) atoms. The van der Waals surface area contributed by atoms with Crippen LogP contribution in [0.5, 0.6) is 0 Å². The van der Waals surface area contributed by atoms with Crippen molar-refractivity contribution in [1.29, 1.82) is 0 Å². The van der Waals surface area contributed by atoms with Gasteiger partial charge in [0.1, 0.15) is 5.02 Å². The number of nitro benzene ring substituents is 1. The molecular formula is C17H11ClN2O4. The average Bonchev–Trinajstić information content (AvgIpc) is 2.55. The molecule has 3 rings (SSSR count). The number of aromatic amines is 1. The number of nitrogens with one attached hydrogen (secondary N) is 1. The molecule has 1 heterocycles. The molecule has 0 aliphatic heterocycles. The predicted octanol–water partition coefficient (Wildman–Crippen LogP) is 3.52. The monoisotopic (exact) mass is 342 g/mol. The molecule has 0 saturated heterocycles. The fraction of sp³-hybridized carbons (Fsp3) is 0.0588. The van der Waals surface area contributed by atoms with Crippen molar-refractivity contribution in [3.8, 4) is 0 Å². The number of aromatic nitrogens is 1. The number of Topliss-reactive ketones (excluding diaryl/α,β-unsaturated/α-hetero) is 1. The molecular weight excluding hydrogens is 332 g/mol. The Hall–Kier alpha value is -2.99. The predicted molar refractivity (Wildman–Crippen MR) is 90.7 cm³/mol. The average molecular weight is 343 g/mol. The highest BCUT2D eigenvalue weighted by Crippen LogP contribution is 2.25. The highest BCUT2D eigenvalue weighted by Gasteiger charge is 2.17. The summed E-state index contributed by atoms with van der Waals surface area (Å²) in [6.07, 6.45) is -0.126. The van der Waals surface area contributed by atoms with Gasteiger partial charge in [0.25, 0.3) is 11.2 Å². The van der Waals surface area contributed by atoms with Crippen LogP contribution in [0.15, 0.2) is 53.3 Å². The van der Waals surface area contributed by atoms with Crippen LogP contribution in [-0.4, -0.2) is 15.7 Å². The second-order valence-electron chi connectivity index (χ2n) is 5.24. The van der Waals surface area contributed by atoms with Gasteiger partial charge in [-0.05, 0) is 29.1 Å². The minimum Gasteiger partial charge on any atom is -0.321 e. The van der Waals surface area contributed by atoms with Crippen LogP contribution in [0.4, 0.5) is 5.69 Å². The topological polar surface area (TPSA) is 93.1 Å². The molecule has 2 aromatic carbocycles. The lowest BCUT2D eigenvalue weighted by Crippen LogP contribution is -2.19. The van der Waals surface area contributed by atoms with E-state index in [4.69, 9.17) is 11.6 Å². The van der Waals surface area contributed by atoms with Crippen LogP contribution in [0, 0.1) is 10.1 Å². The number of ketones is 1. The van der Waals surface area contributed by atoms with Crippen molar-refractivity contribution in [2.45, 2.75) is 6.42 Å². The summed E-state index contributed by atoms with van der Waals surface area (Å²) in [6, 6.07) is 12.8. The Morgan fingerprint density at radius 3 is 2.67 bits per heavy atom. The third kappa shape index (κ3) is 3.04. The number of fused-ring (bicyclic) bond motifs is 1. The number of nitrogens with zero attached hydrogens (tertiary/aromatic N) is 1. The summed E-state index contributed by atoms with van der Waals surface area (Å²) < 4.78 is 0. The van der Waals surface area contributed by atoms with E-state index in [1.165, 1.54) is 24.3 Å². The van der Waals surface area contributed by atoms with Gasteiger partial charge >= 0.3 is 0 Å². The molecule has 120 valence electrons. The Labute approximate surface area is 140 Å². The molecule has 0 saturated carbocycles. The minimum atomic E-state index is -0.612. The molecule has 0 aliphatic rings. The lowest BCUT2D eigenvalue weighted by Gasteiger charge is -2.04. The van der Waals surface area contributed by atoms with Gasteiger partial charge in [-0.25, -0.2) is 0 Å². The first-order valence-corrected chi connectivity index (χ1v) is 7.41. The number of hydrogen-bond donors (Lipinski definition) is 1. The summed E-state index contributed by atoms with van der Waals surface area (Å²) >= 11 is 5.75. The van der Waals surface area contributed by atoms with E-state index in [1.807, 2.05) is 0 Å². The third-order valence-corrected chi connectivity index (χ3v) is 3.95. The summed E-state index contributed by atoms with van der Waals surface area (Å²) in [4.78, 5) is 37.5. The van der Waals surface area contributed by atoms with Crippen LogP contribution >= 0.6 is 11.6 Å². The van der Waals surface area contributed by atoms with Gasteiger partial charge < -0.3 is 4.98 Å². The second kappa shape index (κ2) is 6.25. The van der Waals surface area contributed by atoms with Crippen LogP contribution in [0.25, 0.3) is 10.9 Å². The molecule has 0 aliphatic carbocycles. The van der Waals surface area contributed by atoms with Crippen LogP contribution < -0.4 is 5.56 Å². The quantitative estimate of drug-likeness (QED) is 0.446. The molecule has 0 bridgehead atoms. The Bertz CT molecular complexity index is 1030. The summed E-state index contributed by atoms with van der Waals surface area (Å²) in [5, 5.41) is 11.6. The Morgan fingerprint density at radius 2 is 1.92 bits per heavy atom. The summed E-state index contributed by atoms with van der Waals surface area (Å²) in [6.45, 7) is 0. The SMILES string of the molecule is O=C(Cc1ccc(Cl)c([N+](=O)[O-])c1)c1cc2ccccc2[nH]c1=O. The first-order valence-electron chi connectivity index (χ1n) is 7.04. The number of hydrogen-bond acceptors (Lipinski definition) is 4. The van der Waals surface area contributed by atoms with Gasteiger partial charge in [0.15, 0.2) is 5.78 Å². The largest absolute Gasteiger partial charge is 0.321 e. The van der Waals surface area contributed by atoms with E-state index in [0.717, 1.165) is 5.39 Å². The van der Waals surface area contributed by atoms with Crippen molar-refractivity contribution in [3.05, 3.63) is 85.1 Å². The lowest BCUT2D eigenvalue weighted by atomic mass is 10.0. The van der Waals surface area contributed by atoms with E-state index in [-0.39, 0.29) is 22.7 Å². The molecule has 3 aromatic rings. The number of H-pyrrole nitrogens is 1. The fourth-order valence-corrected chi connectivity index (χ4v) is 2.63. The second-order valence-corrected chi connectivity index (χ2v) is 5.65. The Balaban J connectivity index is 1.96. The normalized spacial score (nSPS) is 10.7. The maximum atomic E-state index is 12.4. The van der Waals surface area contributed by atoms with E-state index in [2.05, 4.69) is 4.98 Å². The van der Waals surface area contributed by atoms with Crippen molar-refractivity contribution < 1.29 is 9.72 Å². The van der Waals surface area contributed by atoms with Crippen molar-refractivity contribution >= 4 is 34.0 Å². The smallest absolute Gasteiger partial charge is 0.288 e. The van der Waals surface area contributed by atoms with Crippen LogP contribution in [-0.2, 0) is 6.42 Å². The van der Waals surface area contributed by atoms with E-state index < -0.39 is 16.3 Å². The molecule has 1 N–H and O–H groups in total. The summed E-state index contributed by atoms with van der Waals surface area (Å²) in [5.41, 5.74) is 0.327. The van der Waals surface area contributed by atoms with Gasteiger partial charge in [0, 0.05) is 18.0 Å². The summed E-state index contributed by atoms with van der Waals surface area (Å²) in [7, 11) is 0. The summed E-state index contributed by atoms with van der Waals surface area (Å²) in [5.74, 6) is -0.418. The van der Waals surface area contributed by atoms with Crippen LogP contribution in [0.1, 0.15) is 15.9 Å². The van der Waals surface area contributed by atoms with E-state index in [9.17, 15) is 19.7 Å². The van der Waals surface area contributed by atoms with Crippen molar-refractivity contribution in [3.63, 3.8) is 0 Å². The van der Waals surface area contributed by atoms with Crippen molar-refractivity contribution in [2.24, 2.45) is 0 Å². The van der Waals surface area contributed by atoms with Crippen molar-refractivity contribution in [2.75, 3.05) is 0 Å². The number of carbonyl (C=O) groups is 1. The zero-order valence-corrected chi connectivity index (χ0v) is 13.0. The molecule has 6 nitrogen and oxygen atoms in total. The number of nitro groups is 1. The first kappa shape index (κ1) is 15.9. The Morgan fingerprint density at radius 1 is 1.17 bits per heavy atom. The van der Waals surface area contributed by atoms with Crippen molar-refractivity contribution in [1.82, 2.24) is 4.98 Å². The van der Waals surface area contributed by atoms with Gasteiger partial charge in [-0.1, -0.05) is 35.9 Å². The lowest BCUT2D eigenvalue weighted by molar-refractivity contribution is -0.384. The zero-order valence-electron chi connectivity index (χ0n) is 12.3. The molecule has 0 atom stereocenters. The molecule has 0 unspecified atom stereocenters. The standard InChI is InChI=1S/C17H11ClN2O4/c18-13-6-5-10(7-15(13)20(23)24)8-16(21)12-9-11-3-1-2-4-14(11)19-17(12)22/h1-7,9H,8H2,(H,19,22). The molecule has 0 amide bonds. The molecule has 7 heteroatoms. The maximum Gasteiger partial charge on any atom is 0.288 e. The van der Waals surface area contributed by atoms with Gasteiger partial charge in [-0.15, -0.1) is 0 Å². The molecule has 0 radical (unpaired) electrons. The number of halogens is 1. The number of carbonyl (C=O) groups excluding carboxylic acids is 1. The molecule has 0 spiro atoms. The number of para-hydroxylation sites is 1. The van der Waals surface area contributed by atoms with Gasteiger partial charge in [-0.3, -0.25) is 19.7 Å². The van der Waals surface area contributed by atoms with Gasteiger partial charge in [0.2, 0.25) is 0 Å². The van der Waals surface area contributed by atoms with E-state index in [0.29, 0.717) is 11.1 Å². The number of rotatable bonds is 4. The highest BCUT2D eigenvalue weighted by molar-refractivity contribution is 6.32. The zero-order chi connectivity index (χ0) is 17.3. The van der Waals surface area contributed by atoms with Gasteiger partial charge in [-0.2, -0.15) is 0 Å². The first-order chi connectivity index (χ1) is 11.5. The van der Waals surface area contributed by atoms with Crippen LogP contribution in [0.2, 0.25) is 5.02 Å². The van der Waals surface area contributed by atoms with Crippen LogP contribution in [0.3, 0.4) is 0 Å². The fourth-order valence-electron chi connectivity index (χ4n) is 2.44. The van der Waals surface area contributed by atoms with E-state index in [1.54, 1.807) is 24.3 Å².